The first kappa shape index (κ1) is 25.5. The number of carbonyl (C=O) groups is 1. The van der Waals surface area contributed by atoms with Crippen LogP contribution in [0.1, 0.15) is 50.5 Å². The Morgan fingerprint density at radius 1 is 1.06 bits per heavy atom. The topological polar surface area (TPSA) is 75.7 Å². The number of carbonyl (C=O) groups excluding carboxylic acids is 1. The molecule has 0 bridgehead atoms. The molecule has 3 rings (SSSR count). The van der Waals surface area contributed by atoms with E-state index < -0.39 is 10.0 Å². The smallest absolute Gasteiger partial charge is 0.243 e. The molecule has 0 aliphatic heterocycles. The molecule has 0 heterocycles. The van der Waals surface area contributed by atoms with Crippen molar-refractivity contribution in [2.24, 2.45) is 0 Å². The molecule has 0 spiro atoms. The van der Waals surface area contributed by atoms with Crippen LogP contribution in [-0.4, -0.2) is 44.9 Å². The molecule has 2 aromatic carbocycles. The van der Waals surface area contributed by atoms with E-state index in [0.717, 1.165) is 31.2 Å². The van der Waals surface area contributed by atoms with E-state index >= 15 is 0 Å². The van der Waals surface area contributed by atoms with Gasteiger partial charge in [-0.3, -0.25) is 4.79 Å². The third-order valence-corrected chi connectivity index (χ3v) is 8.18. The molecule has 1 aliphatic carbocycles. The van der Waals surface area contributed by atoms with Crippen LogP contribution in [-0.2, 0) is 21.2 Å². The SMILES string of the molecule is COc1ccc(S(=O)(=O)N(CCc2ccccc2)CC(=O)NC2CCCCCCC2)cc1Cl. The van der Waals surface area contributed by atoms with Crippen molar-refractivity contribution in [1.82, 2.24) is 9.62 Å². The molecule has 33 heavy (non-hydrogen) atoms. The fourth-order valence-corrected chi connectivity index (χ4v) is 5.92. The van der Waals surface area contributed by atoms with Gasteiger partial charge in [0.15, 0.2) is 0 Å². The maximum Gasteiger partial charge on any atom is 0.243 e. The Bertz CT molecular complexity index is 1010. The van der Waals surface area contributed by atoms with E-state index in [1.165, 1.54) is 48.9 Å². The van der Waals surface area contributed by atoms with Crippen LogP contribution < -0.4 is 10.1 Å². The van der Waals surface area contributed by atoms with Gasteiger partial charge in [0.25, 0.3) is 0 Å². The lowest BCUT2D eigenvalue weighted by Gasteiger charge is -2.25. The summed E-state index contributed by atoms with van der Waals surface area (Å²) in [5.74, 6) is 0.130. The van der Waals surface area contributed by atoms with Gasteiger partial charge in [-0.2, -0.15) is 4.31 Å². The summed E-state index contributed by atoms with van der Waals surface area (Å²) in [6.45, 7) is -0.0383. The summed E-state index contributed by atoms with van der Waals surface area (Å²) in [5, 5.41) is 3.29. The predicted molar refractivity (Wildman–Crippen MR) is 131 cm³/mol. The molecule has 0 radical (unpaired) electrons. The summed E-state index contributed by atoms with van der Waals surface area (Å²) in [4.78, 5) is 13.0. The number of nitrogens with one attached hydrogen (secondary N) is 1. The van der Waals surface area contributed by atoms with Gasteiger partial charge in [-0.25, -0.2) is 8.42 Å². The number of halogens is 1. The van der Waals surface area contributed by atoms with E-state index in [0.29, 0.717) is 12.2 Å². The van der Waals surface area contributed by atoms with Gasteiger partial charge in [-0.05, 0) is 43.0 Å². The van der Waals surface area contributed by atoms with Gasteiger partial charge in [0.05, 0.1) is 23.6 Å². The zero-order valence-corrected chi connectivity index (χ0v) is 20.7. The number of amides is 1. The number of rotatable bonds is 9. The highest BCUT2D eigenvalue weighted by atomic mass is 35.5. The van der Waals surface area contributed by atoms with Crippen LogP contribution in [0, 0.1) is 0 Å². The predicted octanol–water partition coefficient (Wildman–Crippen LogP) is 4.81. The summed E-state index contributed by atoms with van der Waals surface area (Å²) in [6, 6.07) is 14.1. The summed E-state index contributed by atoms with van der Waals surface area (Å²) in [6.07, 6.45) is 8.17. The summed E-state index contributed by atoms with van der Waals surface area (Å²) in [7, 11) is -2.46. The molecule has 1 saturated carbocycles. The van der Waals surface area contributed by atoms with Crippen LogP contribution in [0.25, 0.3) is 0 Å². The number of hydrogen-bond acceptors (Lipinski definition) is 4. The van der Waals surface area contributed by atoms with Crippen LogP contribution in [0.3, 0.4) is 0 Å². The lowest BCUT2D eigenvalue weighted by atomic mass is 9.97. The molecule has 1 aliphatic rings. The first-order chi connectivity index (χ1) is 15.9. The first-order valence-corrected chi connectivity index (χ1v) is 13.4. The van der Waals surface area contributed by atoms with Gasteiger partial charge in [-0.15, -0.1) is 0 Å². The van der Waals surface area contributed by atoms with Crippen molar-refractivity contribution in [3.05, 3.63) is 59.1 Å². The number of ether oxygens (including phenoxy) is 1. The van der Waals surface area contributed by atoms with E-state index in [9.17, 15) is 13.2 Å². The van der Waals surface area contributed by atoms with Crippen LogP contribution in [0.2, 0.25) is 5.02 Å². The molecule has 180 valence electrons. The van der Waals surface area contributed by atoms with Gasteiger partial charge in [0.2, 0.25) is 15.9 Å². The standard InChI is InChI=1S/C25H33ClN2O4S/c1-32-24-15-14-22(18-23(24)26)33(30,31)28(17-16-20-10-6-5-7-11-20)19-25(29)27-21-12-8-3-2-4-9-13-21/h5-7,10-11,14-15,18,21H,2-4,8-9,12-13,16-17,19H2,1H3,(H,27,29). The number of hydrogen-bond donors (Lipinski definition) is 1. The average molecular weight is 493 g/mol. The molecule has 0 aromatic heterocycles. The molecule has 8 heteroatoms. The Kier molecular flexibility index (Phi) is 9.59. The molecular weight excluding hydrogens is 460 g/mol. The van der Waals surface area contributed by atoms with E-state index in [-0.39, 0.29) is 35.0 Å². The molecule has 0 saturated heterocycles. The Hall–Kier alpha value is -2.09. The number of methoxy groups -OCH3 is 1. The average Bonchev–Trinajstić information content (AvgIpc) is 2.78. The number of benzene rings is 2. The van der Waals surface area contributed by atoms with Crippen molar-refractivity contribution in [3.8, 4) is 5.75 Å². The molecular formula is C25H33ClN2O4S. The molecule has 0 unspecified atom stereocenters. The normalized spacial score (nSPS) is 15.6. The van der Waals surface area contributed by atoms with Crippen molar-refractivity contribution in [2.45, 2.75) is 62.3 Å². The molecule has 0 atom stereocenters. The van der Waals surface area contributed by atoms with Crippen LogP contribution in [0.15, 0.2) is 53.4 Å². The zero-order chi connectivity index (χ0) is 23.7. The highest BCUT2D eigenvalue weighted by Gasteiger charge is 2.28. The Morgan fingerprint density at radius 3 is 2.36 bits per heavy atom. The summed E-state index contributed by atoms with van der Waals surface area (Å²) < 4.78 is 33.3. The Balaban J connectivity index is 1.77. The second kappa shape index (κ2) is 12.4. The number of nitrogens with zero attached hydrogens (tertiary/aromatic N) is 1. The molecule has 1 N–H and O–H groups in total. The maximum atomic E-state index is 13.5. The van der Waals surface area contributed by atoms with Gasteiger partial charge < -0.3 is 10.1 Å². The first-order valence-electron chi connectivity index (χ1n) is 11.6. The van der Waals surface area contributed by atoms with Crippen LogP contribution >= 0.6 is 11.6 Å². The van der Waals surface area contributed by atoms with Crippen molar-refractivity contribution in [2.75, 3.05) is 20.2 Å². The quantitative estimate of drug-likeness (QED) is 0.545. The largest absolute Gasteiger partial charge is 0.495 e. The molecule has 1 amide bonds. The van der Waals surface area contributed by atoms with E-state index in [1.807, 2.05) is 30.3 Å². The van der Waals surface area contributed by atoms with Crippen molar-refractivity contribution in [3.63, 3.8) is 0 Å². The summed E-state index contributed by atoms with van der Waals surface area (Å²) in [5.41, 5.74) is 1.01. The van der Waals surface area contributed by atoms with Gasteiger partial charge in [-0.1, -0.05) is 74.0 Å². The minimum atomic E-state index is -3.94. The maximum absolute atomic E-state index is 13.5. The zero-order valence-electron chi connectivity index (χ0n) is 19.1. The van der Waals surface area contributed by atoms with Gasteiger partial charge in [0, 0.05) is 12.6 Å². The van der Waals surface area contributed by atoms with Crippen LogP contribution in [0.4, 0.5) is 0 Å². The van der Waals surface area contributed by atoms with Crippen molar-refractivity contribution < 1.29 is 17.9 Å². The Morgan fingerprint density at radius 2 is 1.73 bits per heavy atom. The highest BCUT2D eigenvalue weighted by molar-refractivity contribution is 7.89. The third kappa shape index (κ3) is 7.45. The van der Waals surface area contributed by atoms with E-state index in [4.69, 9.17) is 16.3 Å². The Labute approximate surface area is 202 Å². The molecule has 2 aromatic rings. The van der Waals surface area contributed by atoms with Gasteiger partial charge >= 0.3 is 0 Å². The number of sulfonamides is 1. The molecule has 1 fully saturated rings. The van der Waals surface area contributed by atoms with Gasteiger partial charge in [0.1, 0.15) is 5.75 Å². The minimum Gasteiger partial charge on any atom is -0.495 e. The van der Waals surface area contributed by atoms with Crippen molar-refractivity contribution >= 4 is 27.5 Å². The van der Waals surface area contributed by atoms with E-state index in [1.54, 1.807) is 0 Å². The molecule has 6 nitrogen and oxygen atoms in total. The minimum absolute atomic E-state index is 0.0418. The fourth-order valence-electron chi connectivity index (χ4n) is 4.17. The monoisotopic (exact) mass is 492 g/mol. The second-order valence-electron chi connectivity index (χ2n) is 8.48. The fraction of sp³-hybridized carbons (Fsp3) is 0.480. The second-order valence-corrected chi connectivity index (χ2v) is 10.8. The lowest BCUT2D eigenvalue weighted by molar-refractivity contribution is -0.122. The highest BCUT2D eigenvalue weighted by Crippen LogP contribution is 2.28. The summed E-state index contributed by atoms with van der Waals surface area (Å²) >= 11 is 6.19. The van der Waals surface area contributed by atoms with Crippen LogP contribution in [0.5, 0.6) is 5.75 Å². The lowest BCUT2D eigenvalue weighted by Crippen LogP contribution is -2.45. The third-order valence-electron chi connectivity index (χ3n) is 6.04. The van der Waals surface area contributed by atoms with E-state index in [2.05, 4.69) is 5.32 Å². The van der Waals surface area contributed by atoms with Crippen molar-refractivity contribution in [1.29, 1.82) is 0 Å².